The molecule has 1 aromatic rings. The minimum absolute atomic E-state index is 0.221. The summed E-state index contributed by atoms with van der Waals surface area (Å²) < 4.78 is 0. The molecule has 2 nitrogen and oxygen atoms in total. The first kappa shape index (κ1) is 12.5. The van der Waals surface area contributed by atoms with Gasteiger partial charge in [0.1, 0.15) is 0 Å². The molecular formula is C11H16N2S2. The molecule has 1 rings (SSSR count). The van der Waals surface area contributed by atoms with Crippen LogP contribution >= 0.6 is 23.5 Å². The van der Waals surface area contributed by atoms with Gasteiger partial charge in [-0.3, -0.25) is 5.41 Å². The molecule has 0 atom stereocenters. The van der Waals surface area contributed by atoms with Crippen molar-refractivity contribution in [2.75, 3.05) is 17.3 Å². The molecule has 0 aliphatic heterocycles. The molecule has 15 heavy (non-hydrogen) atoms. The predicted molar refractivity (Wildman–Crippen MR) is 71.8 cm³/mol. The minimum atomic E-state index is 0.221. The molecule has 82 valence electrons. The molecular weight excluding hydrogens is 224 g/mol. The number of rotatable bonds is 6. The zero-order chi connectivity index (χ0) is 10.9. The maximum Gasteiger partial charge on any atom is 0.151 e. The fraction of sp³-hybridized carbons (Fsp3) is 0.364. The Bertz CT molecular complexity index is 288. The van der Waals surface area contributed by atoms with E-state index in [2.05, 4.69) is 24.3 Å². The van der Waals surface area contributed by atoms with Crippen molar-refractivity contribution < 1.29 is 0 Å². The summed E-state index contributed by atoms with van der Waals surface area (Å²) in [6.07, 6.45) is 1.12. The third kappa shape index (κ3) is 6.47. The standard InChI is InChI=1S/C11H16N2S2/c12-11(13)15-9-8-14-7-6-10-4-2-1-3-5-10/h1-5H,6-9H2,(H3,12,13). The van der Waals surface area contributed by atoms with Gasteiger partial charge in [0.25, 0.3) is 0 Å². The summed E-state index contributed by atoms with van der Waals surface area (Å²) in [5, 5.41) is 7.26. The lowest BCUT2D eigenvalue weighted by Crippen LogP contribution is -2.05. The van der Waals surface area contributed by atoms with Crippen LogP contribution in [0.4, 0.5) is 0 Å². The Morgan fingerprint density at radius 3 is 2.53 bits per heavy atom. The van der Waals surface area contributed by atoms with Crippen LogP contribution < -0.4 is 5.73 Å². The van der Waals surface area contributed by atoms with Crippen LogP contribution in [0.25, 0.3) is 0 Å². The molecule has 0 radical (unpaired) electrons. The molecule has 0 aliphatic rings. The highest BCUT2D eigenvalue weighted by Crippen LogP contribution is 2.09. The van der Waals surface area contributed by atoms with Gasteiger partial charge in [0.2, 0.25) is 0 Å². The fourth-order valence-electron chi connectivity index (χ4n) is 1.15. The largest absolute Gasteiger partial charge is 0.379 e. The van der Waals surface area contributed by atoms with Crippen LogP contribution in [0.15, 0.2) is 30.3 Å². The Balaban J connectivity index is 2.00. The topological polar surface area (TPSA) is 49.9 Å². The summed E-state index contributed by atoms with van der Waals surface area (Å²) in [6, 6.07) is 10.5. The van der Waals surface area contributed by atoms with E-state index in [9.17, 15) is 0 Å². The second-order valence-electron chi connectivity index (χ2n) is 3.06. The zero-order valence-electron chi connectivity index (χ0n) is 8.61. The average Bonchev–Trinajstić information content (AvgIpc) is 2.24. The van der Waals surface area contributed by atoms with E-state index in [4.69, 9.17) is 11.1 Å². The SMILES string of the molecule is N=C(N)SCCSCCc1ccccc1. The van der Waals surface area contributed by atoms with E-state index in [0.717, 1.165) is 23.7 Å². The molecule has 0 aromatic heterocycles. The maximum atomic E-state index is 7.04. The Morgan fingerprint density at radius 1 is 1.13 bits per heavy atom. The molecule has 0 amide bonds. The lowest BCUT2D eigenvalue weighted by atomic mass is 10.2. The second kappa shape index (κ2) is 7.65. The van der Waals surface area contributed by atoms with Crippen molar-refractivity contribution >= 4 is 28.7 Å². The van der Waals surface area contributed by atoms with Crippen molar-refractivity contribution in [2.24, 2.45) is 5.73 Å². The summed E-state index contributed by atoms with van der Waals surface area (Å²) >= 11 is 3.33. The highest BCUT2D eigenvalue weighted by molar-refractivity contribution is 8.14. The predicted octanol–water partition coefficient (Wildman–Crippen LogP) is 2.59. The summed E-state index contributed by atoms with van der Waals surface area (Å²) in [5.74, 6) is 3.15. The van der Waals surface area contributed by atoms with Crippen molar-refractivity contribution in [3.63, 3.8) is 0 Å². The van der Waals surface area contributed by atoms with E-state index in [-0.39, 0.29) is 5.17 Å². The maximum absolute atomic E-state index is 7.04. The lowest BCUT2D eigenvalue weighted by molar-refractivity contribution is 1.16. The highest BCUT2D eigenvalue weighted by Gasteiger charge is 1.94. The third-order valence-corrected chi connectivity index (χ3v) is 3.83. The van der Waals surface area contributed by atoms with Crippen molar-refractivity contribution in [3.8, 4) is 0 Å². The molecule has 0 spiro atoms. The Kier molecular flexibility index (Phi) is 6.36. The van der Waals surface area contributed by atoms with E-state index in [1.54, 1.807) is 0 Å². The summed E-state index contributed by atoms with van der Waals surface area (Å²) in [5.41, 5.74) is 6.63. The van der Waals surface area contributed by atoms with Gasteiger partial charge in [0.15, 0.2) is 5.17 Å². The highest BCUT2D eigenvalue weighted by atomic mass is 32.2. The molecule has 0 unspecified atom stereocenters. The fourth-order valence-corrected chi connectivity index (χ4v) is 2.76. The van der Waals surface area contributed by atoms with Gasteiger partial charge >= 0.3 is 0 Å². The Morgan fingerprint density at radius 2 is 1.87 bits per heavy atom. The number of amidine groups is 1. The number of benzene rings is 1. The number of hydrogen-bond donors (Lipinski definition) is 2. The zero-order valence-corrected chi connectivity index (χ0v) is 10.2. The van der Waals surface area contributed by atoms with E-state index >= 15 is 0 Å². The van der Waals surface area contributed by atoms with Crippen molar-refractivity contribution in [1.82, 2.24) is 0 Å². The van der Waals surface area contributed by atoms with Gasteiger partial charge in [-0.1, -0.05) is 42.1 Å². The van der Waals surface area contributed by atoms with Gasteiger partial charge in [0, 0.05) is 11.5 Å². The van der Waals surface area contributed by atoms with Crippen LogP contribution in [0.2, 0.25) is 0 Å². The first-order valence-corrected chi connectivity index (χ1v) is 7.01. The van der Waals surface area contributed by atoms with Gasteiger partial charge in [-0.05, 0) is 17.7 Å². The quantitative estimate of drug-likeness (QED) is 0.456. The van der Waals surface area contributed by atoms with Gasteiger partial charge in [-0.2, -0.15) is 11.8 Å². The van der Waals surface area contributed by atoms with Crippen molar-refractivity contribution in [1.29, 1.82) is 5.41 Å². The third-order valence-electron chi connectivity index (χ3n) is 1.86. The Hall–Kier alpha value is -0.610. The molecule has 0 saturated carbocycles. The molecule has 1 aromatic carbocycles. The van der Waals surface area contributed by atoms with Crippen LogP contribution in [0.1, 0.15) is 5.56 Å². The number of nitrogens with two attached hydrogens (primary N) is 1. The first-order chi connectivity index (χ1) is 7.29. The summed E-state index contributed by atoms with van der Waals surface area (Å²) in [7, 11) is 0. The van der Waals surface area contributed by atoms with Crippen LogP contribution in [-0.2, 0) is 6.42 Å². The normalized spacial score (nSPS) is 10.1. The molecule has 0 heterocycles. The average molecular weight is 240 g/mol. The van der Waals surface area contributed by atoms with Crippen LogP contribution in [-0.4, -0.2) is 22.4 Å². The van der Waals surface area contributed by atoms with Gasteiger partial charge in [-0.25, -0.2) is 0 Å². The molecule has 3 N–H and O–H groups in total. The number of nitrogens with one attached hydrogen (secondary N) is 1. The van der Waals surface area contributed by atoms with Crippen LogP contribution in [0.5, 0.6) is 0 Å². The van der Waals surface area contributed by atoms with E-state index in [1.807, 2.05) is 17.8 Å². The van der Waals surface area contributed by atoms with E-state index in [0.29, 0.717) is 0 Å². The lowest BCUT2D eigenvalue weighted by Gasteiger charge is -2.01. The van der Waals surface area contributed by atoms with E-state index < -0.39 is 0 Å². The summed E-state index contributed by atoms with van der Waals surface area (Å²) in [4.78, 5) is 0. The molecule has 0 aliphatic carbocycles. The number of thioether (sulfide) groups is 2. The second-order valence-corrected chi connectivity index (χ2v) is 5.42. The smallest absolute Gasteiger partial charge is 0.151 e. The molecule has 4 heteroatoms. The van der Waals surface area contributed by atoms with Gasteiger partial charge < -0.3 is 5.73 Å². The van der Waals surface area contributed by atoms with Crippen LogP contribution in [0, 0.1) is 5.41 Å². The first-order valence-electron chi connectivity index (χ1n) is 4.87. The van der Waals surface area contributed by atoms with E-state index in [1.165, 1.54) is 17.3 Å². The number of aryl methyl sites for hydroxylation is 1. The van der Waals surface area contributed by atoms with Gasteiger partial charge in [-0.15, -0.1) is 0 Å². The Labute approximate surface area is 99.5 Å². The monoisotopic (exact) mass is 240 g/mol. The molecule has 0 saturated heterocycles. The van der Waals surface area contributed by atoms with Crippen LogP contribution in [0.3, 0.4) is 0 Å². The molecule has 0 fully saturated rings. The minimum Gasteiger partial charge on any atom is -0.379 e. The van der Waals surface area contributed by atoms with Gasteiger partial charge in [0.05, 0.1) is 0 Å². The van der Waals surface area contributed by atoms with Crippen molar-refractivity contribution in [3.05, 3.63) is 35.9 Å². The van der Waals surface area contributed by atoms with Crippen molar-refractivity contribution in [2.45, 2.75) is 6.42 Å². The summed E-state index contributed by atoms with van der Waals surface area (Å²) in [6.45, 7) is 0. The number of hydrogen-bond acceptors (Lipinski definition) is 3. The molecule has 0 bridgehead atoms.